The smallest absolute Gasteiger partial charge is 0.0591 e. The van der Waals surface area contributed by atoms with Crippen LogP contribution in [0.15, 0.2) is 0 Å². The number of hydrogen-bond acceptors (Lipinski definition) is 2. The van der Waals surface area contributed by atoms with E-state index in [9.17, 15) is 0 Å². The van der Waals surface area contributed by atoms with Gasteiger partial charge in [0, 0.05) is 13.2 Å². The molecule has 74 valence electrons. The highest BCUT2D eigenvalue weighted by Crippen LogP contribution is 2.35. The normalized spacial score (nSPS) is 34.0. The van der Waals surface area contributed by atoms with E-state index in [1.807, 2.05) is 0 Å². The molecule has 1 fully saturated rings. The van der Waals surface area contributed by atoms with E-state index in [0.717, 1.165) is 19.3 Å². The molecule has 0 aliphatic heterocycles. The summed E-state index contributed by atoms with van der Waals surface area (Å²) in [6.45, 7) is 4.52. The molecule has 12 heavy (non-hydrogen) atoms. The van der Waals surface area contributed by atoms with Crippen molar-refractivity contribution in [3.05, 3.63) is 0 Å². The van der Waals surface area contributed by atoms with Gasteiger partial charge in [0.2, 0.25) is 0 Å². The van der Waals surface area contributed by atoms with Crippen LogP contribution in [0.5, 0.6) is 0 Å². The lowest BCUT2D eigenvalue weighted by atomic mass is 9.74. The zero-order chi connectivity index (χ0) is 8.48. The predicted molar refractivity (Wildman–Crippen MR) is 53.7 cm³/mol. The third kappa shape index (κ3) is 3.30. The van der Waals surface area contributed by atoms with Crippen molar-refractivity contribution in [3.63, 3.8) is 0 Å². The molecule has 2 nitrogen and oxygen atoms in total. The number of ether oxygens (including phenoxy) is 1. The maximum atomic E-state index is 5.90. The highest BCUT2D eigenvalue weighted by atomic mass is 35.5. The summed E-state index contributed by atoms with van der Waals surface area (Å²) in [6.07, 6.45) is 3.69. The van der Waals surface area contributed by atoms with E-state index in [1.54, 1.807) is 7.11 Å². The van der Waals surface area contributed by atoms with Gasteiger partial charge in [-0.2, -0.15) is 0 Å². The molecular formula is C9H20ClNO. The number of rotatable bonds is 1. The predicted octanol–water partition coefficient (Wildman–Crippen LogP) is 1.96. The molecule has 0 amide bonds. The molecule has 2 atom stereocenters. The van der Waals surface area contributed by atoms with E-state index in [0.29, 0.717) is 17.6 Å². The minimum absolute atomic E-state index is 0. The average molecular weight is 194 g/mol. The van der Waals surface area contributed by atoms with E-state index in [-0.39, 0.29) is 12.4 Å². The zero-order valence-electron chi connectivity index (χ0n) is 8.17. The third-order valence-electron chi connectivity index (χ3n) is 2.49. The number of methoxy groups -OCH3 is 1. The van der Waals surface area contributed by atoms with Gasteiger partial charge in [-0.05, 0) is 24.7 Å². The average Bonchev–Trinajstić information content (AvgIpc) is 1.83. The molecule has 0 bridgehead atoms. The number of hydrogen-bond donors (Lipinski definition) is 1. The Bertz CT molecular complexity index is 138. The first-order valence-corrected chi connectivity index (χ1v) is 4.32. The lowest BCUT2D eigenvalue weighted by Crippen LogP contribution is -2.40. The van der Waals surface area contributed by atoms with Crippen LogP contribution in [0.2, 0.25) is 0 Å². The van der Waals surface area contributed by atoms with Crippen molar-refractivity contribution in [2.75, 3.05) is 7.11 Å². The highest BCUT2D eigenvalue weighted by molar-refractivity contribution is 5.85. The fourth-order valence-electron chi connectivity index (χ4n) is 2.09. The van der Waals surface area contributed by atoms with Gasteiger partial charge in [-0.25, -0.2) is 0 Å². The summed E-state index contributed by atoms with van der Waals surface area (Å²) < 4.78 is 5.32. The Labute approximate surface area is 81.3 Å². The second kappa shape index (κ2) is 4.45. The SMILES string of the molecule is CO[C@@H]1C[C@@H](N)CC(C)(C)C1.Cl. The molecule has 2 N–H and O–H groups in total. The molecule has 0 aromatic rings. The van der Waals surface area contributed by atoms with Crippen molar-refractivity contribution in [3.8, 4) is 0 Å². The Morgan fingerprint density at radius 2 is 1.92 bits per heavy atom. The van der Waals surface area contributed by atoms with Crippen LogP contribution in [0.4, 0.5) is 0 Å². The molecule has 3 heteroatoms. The van der Waals surface area contributed by atoms with Crippen molar-refractivity contribution in [1.29, 1.82) is 0 Å². The monoisotopic (exact) mass is 193 g/mol. The molecule has 1 aliphatic rings. The van der Waals surface area contributed by atoms with Gasteiger partial charge in [-0.1, -0.05) is 13.8 Å². The van der Waals surface area contributed by atoms with Crippen molar-refractivity contribution in [1.82, 2.24) is 0 Å². The van der Waals surface area contributed by atoms with Crippen molar-refractivity contribution < 1.29 is 4.74 Å². The lowest BCUT2D eigenvalue weighted by molar-refractivity contribution is 0.0179. The topological polar surface area (TPSA) is 35.2 Å². The van der Waals surface area contributed by atoms with Crippen molar-refractivity contribution >= 4 is 12.4 Å². The van der Waals surface area contributed by atoms with Gasteiger partial charge in [-0.3, -0.25) is 0 Å². The maximum Gasteiger partial charge on any atom is 0.0591 e. The first-order chi connectivity index (χ1) is 5.03. The zero-order valence-corrected chi connectivity index (χ0v) is 8.99. The Hall–Kier alpha value is 0.210. The van der Waals surface area contributed by atoms with Gasteiger partial charge in [0.05, 0.1) is 6.10 Å². The second-order valence-electron chi connectivity index (χ2n) is 4.43. The largest absolute Gasteiger partial charge is 0.381 e. The van der Waals surface area contributed by atoms with E-state index in [4.69, 9.17) is 10.5 Å². The molecule has 0 aromatic carbocycles. The van der Waals surface area contributed by atoms with Crippen molar-refractivity contribution in [2.24, 2.45) is 11.1 Å². The van der Waals surface area contributed by atoms with Crippen molar-refractivity contribution in [2.45, 2.75) is 45.3 Å². The Kier molecular flexibility index (Phi) is 4.53. The van der Waals surface area contributed by atoms with E-state index < -0.39 is 0 Å². The van der Waals surface area contributed by atoms with Crippen LogP contribution in [0.3, 0.4) is 0 Å². The van der Waals surface area contributed by atoms with Crippen LogP contribution in [0.25, 0.3) is 0 Å². The molecule has 1 rings (SSSR count). The Morgan fingerprint density at radius 3 is 2.33 bits per heavy atom. The fraction of sp³-hybridized carbons (Fsp3) is 1.00. The molecule has 1 aliphatic carbocycles. The summed E-state index contributed by atoms with van der Waals surface area (Å²) in [5.74, 6) is 0. The van der Waals surface area contributed by atoms with Gasteiger partial charge in [0.1, 0.15) is 0 Å². The minimum atomic E-state index is 0. The summed E-state index contributed by atoms with van der Waals surface area (Å²) in [5.41, 5.74) is 6.27. The molecule has 0 radical (unpaired) electrons. The van der Waals surface area contributed by atoms with E-state index in [1.165, 1.54) is 0 Å². The summed E-state index contributed by atoms with van der Waals surface area (Å²) >= 11 is 0. The van der Waals surface area contributed by atoms with Crippen LogP contribution < -0.4 is 5.73 Å². The standard InChI is InChI=1S/C9H19NO.ClH/c1-9(2)5-7(10)4-8(6-9)11-3;/h7-8H,4-6,10H2,1-3H3;1H/t7-,8-;/m1./s1. The first kappa shape index (κ1) is 12.2. The number of nitrogens with two attached hydrogens (primary N) is 1. The summed E-state index contributed by atoms with van der Waals surface area (Å²) in [7, 11) is 1.78. The molecule has 0 aromatic heterocycles. The Balaban J connectivity index is 0.00000121. The molecule has 0 unspecified atom stereocenters. The summed E-state index contributed by atoms with van der Waals surface area (Å²) in [5, 5.41) is 0. The van der Waals surface area contributed by atoms with E-state index >= 15 is 0 Å². The van der Waals surface area contributed by atoms with Gasteiger partial charge in [-0.15, -0.1) is 12.4 Å². The Morgan fingerprint density at radius 1 is 1.33 bits per heavy atom. The molecular weight excluding hydrogens is 174 g/mol. The number of halogens is 1. The second-order valence-corrected chi connectivity index (χ2v) is 4.43. The van der Waals surface area contributed by atoms with Gasteiger partial charge in [0.25, 0.3) is 0 Å². The first-order valence-electron chi connectivity index (χ1n) is 4.32. The van der Waals surface area contributed by atoms with Crippen LogP contribution in [0.1, 0.15) is 33.1 Å². The van der Waals surface area contributed by atoms with Crippen LogP contribution >= 0.6 is 12.4 Å². The lowest BCUT2D eigenvalue weighted by Gasteiger charge is -2.37. The fourth-order valence-corrected chi connectivity index (χ4v) is 2.09. The molecule has 0 heterocycles. The van der Waals surface area contributed by atoms with Gasteiger partial charge in [0.15, 0.2) is 0 Å². The third-order valence-corrected chi connectivity index (χ3v) is 2.49. The highest BCUT2D eigenvalue weighted by Gasteiger charge is 2.32. The molecule has 0 saturated heterocycles. The van der Waals surface area contributed by atoms with E-state index in [2.05, 4.69) is 13.8 Å². The molecule has 1 saturated carbocycles. The van der Waals surface area contributed by atoms with Gasteiger partial charge >= 0.3 is 0 Å². The van der Waals surface area contributed by atoms with Gasteiger partial charge < -0.3 is 10.5 Å². The van der Waals surface area contributed by atoms with Crippen LogP contribution in [0, 0.1) is 5.41 Å². The summed E-state index contributed by atoms with van der Waals surface area (Å²) in [6, 6.07) is 0.337. The summed E-state index contributed by atoms with van der Waals surface area (Å²) in [4.78, 5) is 0. The maximum absolute atomic E-state index is 5.90. The van der Waals surface area contributed by atoms with Crippen LogP contribution in [-0.4, -0.2) is 19.3 Å². The quantitative estimate of drug-likeness (QED) is 0.691. The molecule has 0 spiro atoms. The van der Waals surface area contributed by atoms with Crippen LogP contribution in [-0.2, 0) is 4.74 Å². The minimum Gasteiger partial charge on any atom is -0.381 e.